The first-order valence-electron chi connectivity index (χ1n) is 11.1. The second-order valence-electron chi connectivity index (χ2n) is 7.65. The molecule has 5 nitrogen and oxygen atoms in total. The van der Waals surface area contributed by atoms with Crippen molar-refractivity contribution < 1.29 is 32.2 Å². The van der Waals surface area contributed by atoms with Crippen LogP contribution in [0.2, 0.25) is 0 Å². The fourth-order valence-electron chi connectivity index (χ4n) is 3.17. The van der Waals surface area contributed by atoms with Gasteiger partial charge in [0.25, 0.3) is 0 Å². The molecule has 180 valence electrons. The largest absolute Gasteiger partial charge is 0.494 e. The minimum absolute atomic E-state index is 0.116. The van der Waals surface area contributed by atoms with E-state index in [9.17, 15) is 22.8 Å². The van der Waals surface area contributed by atoms with E-state index >= 15 is 0 Å². The van der Waals surface area contributed by atoms with E-state index in [-0.39, 0.29) is 13.0 Å². The van der Waals surface area contributed by atoms with Gasteiger partial charge in [0.05, 0.1) is 13.0 Å². The first-order chi connectivity index (χ1) is 15.8. The Morgan fingerprint density at radius 2 is 1.55 bits per heavy atom. The summed E-state index contributed by atoms with van der Waals surface area (Å²) in [6, 6.07) is 18.2. The summed E-state index contributed by atoms with van der Waals surface area (Å²) in [5, 5.41) is 2.95. The van der Waals surface area contributed by atoms with E-state index < -0.39 is 18.1 Å². The summed E-state index contributed by atoms with van der Waals surface area (Å²) in [7, 11) is 0. The Bertz CT molecular complexity index is 856. The van der Waals surface area contributed by atoms with Gasteiger partial charge in [-0.1, -0.05) is 55.3 Å². The summed E-state index contributed by atoms with van der Waals surface area (Å²) in [6.07, 6.45) is 0.721. The second kappa shape index (κ2) is 14.3. The van der Waals surface area contributed by atoms with E-state index in [2.05, 4.69) is 34.3 Å². The number of hydrogen-bond donors (Lipinski definition) is 1. The van der Waals surface area contributed by atoms with Crippen LogP contribution in [0.4, 0.5) is 13.2 Å². The lowest BCUT2D eigenvalue weighted by atomic mass is 10.1. The van der Waals surface area contributed by atoms with Crippen LogP contribution in [0, 0.1) is 0 Å². The molecular weight excluding hydrogens is 435 g/mol. The van der Waals surface area contributed by atoms with Crippen molar-refractivity contribution in [3.63, 3.8) is 0 Å². The number of carbonyl (C=O) groups is 2. The monoisotopic (exact) mass is 465 g/mol. The molecule has 0 atom stereocenters. The fourth-order valence-corrected chi connectivity index (χ4v) is 3.17. The van der Waals surface area contributed by atoms with Crippen molar-refractivity contribution in [2.24, 2.45) is 0 Å². The predicted molar refractivity (Wildman–Crippen MR) is 119 cm³/mol. The maximum absolute atomic E-state index is 12.0. The molecule has 0 bridgehead atoms. The van der Waals surface area contributed by atoms with Gasteiger partial charge in [0, 0.05) is 6.54 Å². The molecule has 1 N–H and O–H groups in total. The van der Waals surface area contributed by atoms with Crippen LogP contribution >= 0.6 is 0 Å². The molecule has 0 aromatic heterocycles. The molecule has 0 spiro atoms. The topological polar surface area (TPSA) is 64.6 Å². The first kappa shape index (κ1) is 26.4. The quantitative estimate of drug-likeness (QED) is 0.241. The van der Waals surface area contributed by atoms with Gasteiger partial charge in [0.2, 0.25) is 0 Å². The second-order valence-corrected chi connectivity index (χ2v) is 7.65. The minimum atomic E-state index is -5.17. The number of benzene rings is 2. The SMILES string of the molecule is O=C(CCNCCc1cccc(OCCCCCCc2ccccc2)c1)OC(=O)C(F)(F)F. The average molecular weight is 466 g/mol. The Morgan fingerprint density at radius 1 is 0.818 bits per heavy atom. The third kappa shape index (κ3) is 11.5. The van der Waals surface area contributed by atoms with Gasteiger partial charge in [-0.2, -0.15) is 13.2 Å². The molecular formula is C25H30F3NO4. The number of ether oxygens (including phenoxy) is 2. The molecule has 0 fully saturated rings. The molecule has 33 heavy (non-hydrogen) atoms. The number of carbonyl (C=O) groups excluding carboxylic acids is 2. The van der Waals surface area contributed by atoms with Crippen LogP contribution < -0.4 is 10.1 Å². The van der Waals surface area contributed by atoms with Crippen molar-refractivity contribution in [3.8, 4) is 5.75 Å². The molecule has 0 saturated carbocycles. The smallest absolute Gasteiger partial charge is 0.491 e. The minimum Gasteiger partial charge on any atom is -0.494 e. The summed E-state index contributed by atoms with van der Waals surface area (Å²) >= 11 is 0. The van der Waals surface area contributed by atoms with Gasteiger partial charge in [0.1, 0.15) is 5.75 Å². The lowest BCUT2D eigenvalue weighted by molar-refractivity contribution is -0.201. The number of hydrogen-bond acceptors (Lipinski definition) is 5. The highest BCUT2D eigenvalue weighted by Crippen LogP contribution is 2.17. The van der Waals surface area contributed by atoms with Crippen molar-refractivity contribution in [2.75, 3.05) is 19.7 Å². The van der Waals surface area contributed by atoms with E-state index in [1.165, 1.54) is 18.4 Å². The van der Waals surface area contributed by atoms with Crippen LogP contribution in [0.3, 0.4) is 0 Å². The zero-order valence-corrected chi connectivity index (χ0v) is 18.5. The van der Waals surface area contributed by atoms with E-state index in [4.69, 9.17) is 4.74 Å². The first-order valence-corrected chi connectivity index (χ1v) is 11.1. The van der Waals surface area contributed by atoms with Crippen molar-refractivity contribution in [3.05, 3.63) is 65.7 Å². The zero-order valence-electron chi connectivity index (χ0n) is 18.5. The third-order valence-electron chi connectivity index (χ3n) is 4.90. The van der Waals surface area contributed by atoms with Crippen LogP contribution in [0.1, 0.15) is 43.2 Å². The van der Waals surface area contributed by atoms with Gasteiger partial charge >= 0.3 is 18.1 Å². The molecule has 2 rings (SSSR count). The number of esters is 2. The van der Waals surface area contributed by atoms with Crippen LogP contribution in [-0.2, 0) is 27.2 Å². The zero-order chi connectivity index (χ0) is 23.9. The summed E-state index contributed by atoms with van der Waals surface area (Å²) in [4.78, 5) is 21.8. The molecule has 0 heterocycles. The molecule has 0 amide bonds. The third-order valence-corrected chi connectivity index (χ3v) is 4.90. The molecule has 2 aromatic rings. The van der Waals surface area contributed by atoms with Crippen LogP contribution in [0.5, 0.6) is 5.75 Å². The van der Waals surface area contributed by atoms with Crippen molar-refractivity contribution in [1.82, 2.24) is 5.32 Å². The molecule has 2 aromatic carbocycles. The van der Waals surface area contributed by atoms with E-state index in [1.54, 1.807) is 0 Å². The standard InChI is InChI=1S/C25H30F3NO4/c26-25(27,28)24(31)33-23(30)15-17-29-16-14-21-12-8-13-22(19-21)32-18-7-2-1-4-9-20-10-5-3-6-11-20/h3,5-6,8,10-13,19,29H,1-2,4,7,9,14-18H2. The summed E-state index contributed by atoms with van der Waals surface area (Å²) < 4.78 is 45.6. The predicted octanol–water partition coefficient (Wildman–Crippen LogP) is 5.02. The summed E-state index contributed by atoms with van der Waals surface area (Å²) in [6.45, 7) is 1.29. The van der Waals surface area contributed by atoms with Gasteiger partial charge in [-0.15, -0.1) is 0 Å². The van der Waals surface area contributed by atoms with E-state index in [1.807, 2.05) is 30.3 Å². The Morgan fingerprint density at radius 3 is 2.30 bits per heavy atom. The van der Waals surface area contributed by atoms with Crippen LogP contribution in [0.25, 0.3) is 0 Å². The number of unbranched alkanes of at least 4 members (excludes halogenated alkanes) is 3. The maximum atomic E-state index is 12.0. The Balaban J connectivity index is 1.53. The van der Waals surface area contributed by atoms with Gasteiger partial charge in [0.15, 0.2) is 0 Å². The number of aryl methyl sites for hydroxylation is 1. The van der Waals surface area contributed by atoms with Crippen LogP contribution in [-0.4, -0.2) is 37.8 Å². The highest BCUT2D eigenvalue weighted by Gasteiger charge is 2.42. The van der Waals surface area contributed by atoms with Gasteiger partial charge in [-0.25, -0.2) is 4.79 Å². The highest BCUT2D eigenvalue weighted by molar-refractivity contribution is 5.88. The summed E-state index contributed by atoms with van der Waals surface area (Å²) in [5.41, 5.74) is 2.41. The molecule has 0 aliphatic heterocycles. The molecule has 8 heteroatoms. The molecule has 0 aliphatic rings. The Hall–Kier alpha value is -2.87. The van der Waals surface area contributed by atoms with Crippen LogP contribution in [0.15, 0.2) is 54.6 Å². The van der Waals surface area contributed by atoms with E-state index in [0.717, 1.165) is 30.6 Å². The Kier molecular flexibility index (Phi) is 11.4. The average Bonchev–Trinajstić information content (AvgIpc) is 2.78. The number of rotatable bonds is 14. The molecule has 0 saturated heterocycles. The van der Waals surface area contributed by atoms with Crippen molar-refractivity contribution >= 4 is 11.9 Å². The molecule has 0 radical (unpaired) electrons. The van der Waals surface area contributed by atoms with Crippen molar-refractivity contribution in [1.29, 1.82) is 0 Å². The van der Waals surface area contributed by atoms with Gasteiger partial charge in [-0.05, 0) is 55.5 Å². The van der Waals surface area contributed by atoms with Crippen molar-refractivity contribution in [2.45, 2.75) is 51.1 Å². The number of nitrogens with one attached hydrogen (secondary N) is 1. The summed E-state index contributed by atoms with van der Waals surface area (Å²) in [5.74, 6) is -2.90. The number of halogens is 3. The molecule has 0 unspecified atom stereocenters. The Labute approximate surface area is 192 Å². The molecule has 0 aliphatic carbocycles. The van der Waals surface area contributed by atoms with E-state index in [0.29, 0.717) is 19.6 Å². The lowest BCUT2D eigenvalue weighted by Gasteiger charge is -2.09. The number of alkyl halides is 3. The maximum Gasteiger partial charge on any atom is 0.491 e. The fraction of sp³-hybridized carbons (Fsp3) is 0.440. The van der Waals surface area contributed by atoms with Gasteiger partial charge < -0.3 is 14.8 Å². The normalized spacial score (nSPS) is 11.2. The highest BCUT2D eigenvalue weighted by atomic mass is 19.4. The van der Waals surface area contributed by atoms with Gasteiger partial charge in [-0.3, -0.25) is 4.79 Å². The lowest BCUT2D eigenvalue weighted by Crippen LogP contribution is -2.29.